The zero-order valence-electron chi connectivity index (χ0n) is 20.7. The van der Waals surface area contributed by atoms with Gasteiger partial charge in [0, 0.05) is 56.7 Å². The van der Waals surface area contributed by atoms with E-state index >= 15 is 0 Å². The standard InChI is InChI=1S/C24H30F3N7O2.ClH/c1-32-10-12-34(13-11-32)22(36)15-6-8-16(9-7-15)33(2)23-29-14-18(24(25,26)27)21(31-23)30-19-5-3-4-17(19)20(28)35;/h6-9,14,17,19H,3-5,10-13H2,1-2H3,(H2,28,35)(H,29,30,31);1H/t17-,19+;/m0./s1. The Labute approximate surface area is 219 Å². The molecule has 1 saturated heterocycles. The van der Waals surface area contributed by atoms with Crippen molar-refractivity contribution in [2.24, 2.45) is 11.7 Å². The molecule has 0 unspecified atom stereocenters. The molecule has 0 bridgehead atoms. The third kappa shape index (κ3) is 6.42. The van der Waals surface area contributed by atoms with Crippen LogP contribution in [-0.2, 0) is 11.0 Å². The van der Waals surface area contributed by atoms with Crippen LogP contribution < -0.4 is 16.0 Å². The average Bonchev–Trinajstić information content (AvgIpc) is 3.31. The Balaban J connectivity index is 0.00000380. The summed E-state index contributed by atoms with van der Waals surface area (Å²) >= 11 is 0. The van der Waals surface area contributed by atoms with Crippen LogP contribution in [0.25, 0.3) is 0 Å². The zero-order valence-corrected chi connectivity index (χ0v) is 21.5. The number of rotatable bonds is 6. The van der Waals surface area contributed by atoms with Crippen LogP contribution in [0, 0.1) is 5.92 Å². The summed E-state index contributed by atoms with van der Waals surface area (Å²) in [6.07, 6.45) is -2.22. The van der Waals surface area contributed by atoms with Gasteiger partial charge in [0.1, 0.15) is 11.4 Å². The van der Waals surface area contributed by atoms with Crippen molar-refractivity contribution in [1.82, 2.24) is 19.8 Å². The summed E-state index contributed by atoms with van der Waals surface area (Å²) in [6, 6.07) is 6.25. The van der Waals surface area contributed by atoms with E-state index in [1.54, 1.807) is 36.2 Å². The second-order valence-electron chi connectivity index (χ2n) is 9.32. The van der Waals surface area contributed by atoms with Gasteiger partial charge in [-0.05, 0) is 44.2 Å². The van der Waals surface area contributed by atoms with Crippen molar-refractivity contribution in [2.75, 3.05) is 50.5 Å². The second kappa shape index (κ2) is 11.5. The number of anilines is 3. The molecule has 2 aromatic rings. The van der Waals surface area contributed by atoms with Gasteiger partial charge in [-0.25, -0.2) is 4.98 Å². The molecule has 2 atom stereocenters. The molecule has 4 rings (SSSR count). The van der Waals surface area contributed by atoms with Gasteiger partial charge in [0.15, 0.2) is 0 Å². The van der Waals surface area contributed by atoms with Crippen LogP contribution in [0.2, 0.25) is 0 Å². The van der Waals surface area contributed by atoms with Crippen molar-refractivity contribution in [1.29, 1.82) is 0 Å². The molecule has 2 fully saturated rings. The van der Waals surface area contributed by atoms with Crippen molar-refractivity contribution in [3.05, 3.63) is 41.6 Å². The first-order valence-electron chi connectivity index (χ1n) is 11.9. The van der Waals surface area contributed by atoms with Crippen molar-refractivity contribution in [3.8, 4) is 0 Å². The average molecular weight is 542 g/mol. The Morgan fingerprint density at radius 3 is 2.35 bits per heavy atom. The van der Waals surface area contributed by atoms with E-state index in [1.165, 1.54) is 4.90 Å². The van der Waals surface area contributed by atoms with Gasteiger partial charge < -0.3 is 25.8 Å². The number of primary amides is 1. The molecule has 0 radical (unpaired) electrons. The van der Waals surface area contributed by atoms with E-state index in [0.717, 1.165) is 19.3 Å². The van der Waals surface area contributed by atoms with Crippen molar-refractivity contribution in [3.63, 3.8) is 0 Å². The van der Waals surface area contributed by atoms with E-state index in [-0.39, 0.29) is 30.1 Å². The molecule has 2 heterocycles. The summed E-state index contributed by atoms with van der Waals surface area (Å²) in [7, 11) is 3.64. The minimum absolute atomic E-state index is 0. The maximum atomic E-state index is 13.7. The van der Waals surface area contributed by atoms with Gasteiger partial charge in [-0.2, -0.15) is 18.2 Å². The van der Waals surface area contributed by atoms with E-state index < -0.39 is 29.6 Å². The van der Waals surface area contributed by atoms with Crippen LogP contribution in [0.4, 0.5) is 30.6 Å². The minimum Gasteiger partial charge on any atom is -0.369 e. The number of amides is 2. The number of hydrogen-bond donors (Lipinski definition) is 2. The fraction of sp³-hybridized carbons (Fsp3) is 0.500. The molecule has 0 spiro atoms. The largest absolute Gasteiger partial charge is 0.421 e. The predicted octanol–water partition coefficient (Wildman–Crippen LogP) is 3.14. The van der Waals surface area contributed by atoms with Gasteiger partial charge in [0.25, 0.3) is 5.91 Å². The van der Waals surface area contributed by atoms with Crippen molar-refractivity contribution < 1.29 is 22.8 Å². The van der Waals surface area contributed by atoms with Gasteiger partial charge in [0.2, 0.25) is 11.9 Å². The topological polar surface area (TPSA) is 108 Å². The van der Waals surface area contributed by atoms with Gasteiger partial charge in [-0.1, -0.05) is 6.42 Å². The molecule has 1 saturated carbocycles. The molecule has 2 amide bonds. The lowest BCUT2D eigenvalue weighted by Crippen LogP contribution is -2.47. The van der Waals surface area contributed by atoms with E-state index in [0.29, 0.717) is 43.6 Å². The van der Waals surface area contributed by atoms with Gasteiger partial charge in [-0.3, -0.25) is 9.59 Å². The number of halogens is 4. The fourth-order valence-corrected chi connectivity index (χ4v) is 4.64. The molecule has 2 aliphatic rings. The van der Waals surface area contributed by atoms with Gasteiger partial charge in [0.05, 0.1) is 5.92 Å². The summed E-state index contributed by atoms with van der Waals surface area (Å²) in [5.41, 5.74) is 5.56. The number of nitrogens with one attached hydrogen (secondary N) is 1. The van der Waals surface area contributed by atoms with Crippen molar-refractivity contribution in [2.45, 2.75) is 31.5 Å². The monoisotopic (exact) mass is 541 g/mol. The molecule has 1 aromatic heterocycles. The summed E-state index contributed by atoms with van der Waals surface area (Å²) < 4.78 is 41.0. The van der Waals surface area contributed by atoms with E-state index in [1.807, 2.05) is 7.05 Å². The number of carbonyl (C=O) groups is 2. The number of alkyl halides is 3. The maximum absolute atomic E-state index is 13.7. The van der Waals surface area contributed by atoms with Crippen LogP contribution >= 0.6 is 12.4 Å². The first-order chi connectivity index (χ1) is 17.0. The number of hydrogen-bond acceptors (Lipinski definition) is 7. The summed E-state index contributed by atoms with van der Waals surface area (Å²) in [6.45, 7) is 2.94. The van der Waals surface area contributed by atoms with Crippen molar-refractivity contribution >= 4 is 41.7 Å². The Bertz CT molecular complexity index is 1110. The number of nitrogens with zero attached hydrogens (tertiary/aromatic N) is 5. The normalized spacial score (nSPS) is 20.3. The first kappa shape index (κ1) is 28.5. The predicted molar refractivity (Wildman–Crippen MR) is 136 cm³/mol. The molecular weight excluding hydrogens is 511 g/mol. The summed E-state index contributed by atoms with van der Waals surface area (Å²) in [5.74, 6) is -1.52. The van der Waals surface area contributed by atoms with Gasteiger partial charge in [-0.15, -0.1) is 12.4 Å². The number of benzene rings is 1. The lowest BCUT2D eigenvalue weighted by Gasteiger charge is -2.32. The minimum atomic E-state index is -4.68. The lowest BCUT2D eigenvalue weighted by atomic mass is 10.0. The Kier molecular flexibility index (Phi) is 8.85. The second-order valence-corrected chi connectivity index (χ2v) is 9.32. The SMILES string of the molecule is CN1CCN(C(=O)c2ccc(N(C)c3ncc(C(F)(F)F)c(N[C@@H]4CCC[C@@H]4C(N)=O)n3)cc2)CC1.Cl. The molecule has 1 aliphatic heterocycles. The molecular formula is C24H31ClF3N7O2. The van der Waals surface area contributed by atoms with Crippen LogP contribution in [0.1, 0.15) is 35.2 Å². The lowest BCUT2D eigenvalue weighted by molar-refractivity contribution is -0.137. The van der Waals surface area contributed by atoms with E-state index in [4.69, 9.17) is 5.73 Å². The van der Waals surface area contributed by atoms with Crippen LogP contribution in [0.5, 0.6) is 0 Å². The Morgan fingerprint density at radius 1 is 1.11 bits per heavy atom. The smallest absolute Gasteiger partial charge is 0.369 e. The van der Waals surface area contributed by atoms with Crippen LogP contribution in [-0.4, -0.2) is 77.9 Å². The number of aromatic nitrogens is 2. The first-order valence-corrected chi connectivity index (χ1v) is 11.9. The number of nitrogens with two attached hydrogens (primary N) is 1. The molecule has 37 heavy (non-hydrogen) atoms. The molecule has 9 nitrogen and oxygen atoms in total. The number of likely N-dealkylation sites (N-methyl/N-ethyl adjacent to an activating group) is 1. The van der Waals surface area contributed by atoms with E-state index in [2.05, 4.69) is 20.2 Å². The van der Waals surface area contributed by atoms with Crippen LogP contribution in [0.3, 0.4) is 0 Å². The third-order valence-corrected chi connectivity index (χ3v) is 6.88. The molecule has 3 N–H and O–H groups in total. The Hall–Kier alpha value is -3.12. The highest BCUT2D eigenvalue weighted by Crippen LogP contribution is 2.37. The number of carbonyl (C=O) groups excluding carboxylic acids is 2. The molecule has 1 aliphatic carbocycles. The summed E-state index contributed by atoms with van der Waals surface area (Å²) in [5, 5.41) is 2.81. The van der Waals surface area contributed by atoms with Crippen LogP contribution in [0.15, 0.2) is 30.5 Å². The molecule has 13 heteroatoms. The van der Waals surface area contributed by atoms with Gasteiger partial charge >= 0.3 is 6.18 Å². The maximum Gasteiger partial charge on any atom is 0.421 e. The Morgan fingerprint density at radius 2 is 1.76 bits per heavy atom. The molecule has 1 aromatic carbocycles. The quantitative estimate of drug-likeness (QED) is 0.578. The highest BCUT2D eigenvalue weighted by molar-refractivity contribution is 5.94. The fourth-order valence-electron chi connectivity index (χ4n) is 4.64. The van der Waals surface area contributed by atoms with E-state index in [9.17, 15) is 22.8 Å². The summed E-state index contributed by atoms with van der Waals surface area (Å²) in [4.78, 5) is 38.1. The third-order valence-electron chi connectivity index (χ3n) is 6.88. The highest BCUT2D eigenvalue weighted by atomic mass is 35.5. The zero-order chi connectivity index (χ0) is 26.0. The highest BCUT2D eigenvalue weighted by Gasteiger charge is 2.38. The molecule has 202 valence electrons. The number of piperazine rings is 1.